The maximum atomic E-state index is 12.2. The Hall–Kier alpha value is -3.35. The molecule has 0 saturated heterocycles. The predicted molar refractivity (Wildman–Crippen MR) is 128 cm³/mol. The lowest BCUT2D eigenvalue weighted by atomic mass is 9.80. The average molecular weight is 465 g/mol. The number of unbranched alkanes of at least 4 members (excludes halogenated alkanes) is 3. The molecular formula is C27H32N2O5. The van der Waals surface area contributed by atoms with Crippen LogP contribution in [0.25, 0.3) is 11.1 Å². The van der Waals surface area contributed by atoms with Crippen molar-refractivity contribution in [2.24, 2.45) is 5.92 Å². The molecule has 0 bridgehead atoms. The molecule has 0 aromatic heterocycles. The van der Waals surface area contributed by atoms with Crippen molar-refractivity contribution in [2.45, 2.75) is 56.9 Å². The number of hydrogen-bond donors (Lipinski definition) is 3. The second-order valence-corrected chi connectivity index (χ2v) is 9.19. The summed E-state index contributed by atoms with van der Waals surface area (Å²) in [6.07, 6.45) is 4.55. The maximum absolute atomic E-state index is 12.2. The first kappa shape index (κ1) is 23.8. The molecule has 2 amide bonds. The summed E-state index contributed by atoms with van der Waals surface area (Å²) in [7, 11) is 0. The maximum Gasteiger partial charge on any atom is 0.407 e. The largest absolute Gasteiger partial charge is 0.481 e. The Kier molecular flexibility index (Phi) is 7.83. The molecule has 34 heavy (non-hydrogen) atoms. The molecule has 0 heterocycles. The van der Waals surface area contributed by atoms with E-state index in [-0.39, 0.29) is 23.8 Å². The molecule has 1 fully saturated rings. The van der Waals surface area contributed by atoms with Gasteiger partial charge in [0.25, 0.3) is 0 Å². The van der Waals surface area contributed by atoms with Gasteiger partial charge in [0, 0.05) is 24.9 Å². The second kappa shape index (κ2) is 11.2. The molecule has 0 radical (unpaired) electrons. The predicted octanol–water partition coefficient (Wildman–Crippen LogP) is 4.46. The van der Waals surface area contributed by atoms with E-state index in [0.29, 0.717) is 32.4 Å². The molecule has 0 spiro atoms. The third kappa shape index (κ3) is 5.76. The van der Waals surface area contributed by atoms with Crippen LogP contribution in [0.5, 0.6) is 0 Å². The van der Waals surface area contributed by atoms with Gasteiger partial charge in [-0.2, -0.15) is 0 Å². The van der Waals surface area contributed by atoms with Crippen molar-refractivity contribution in [2.75, 3.05) is 13.2 Å². The van der Waals surface area contributed by atoms with Crippen LogP contribution in [-0.2, 0) is 14.3 Å². The highest BCUT2D eigenvalue weighted by Gasteiger charge is 2.35. The Morgan fingerprint density at radius 1 is 0.882 bits per heavy atom. The van der Waals surface area contributed by atoms with Crippen molar-refractivity contribution in [3.05, 3.63) is 59.7 Å². The zero-order chi connectivity index (χ0) is 23.9. The van der Waals surface area contributed by atoms with Gasteiger partial charge in [-0.05, 0) is 47.9 Å². The molecule has 0 aliphatic heterocycles. The quantitative estimate of drug-likeness (QED) is 0.426. The molecule has 1 saturated carbocycles. The van der Waals surface area contributed by atoms with E-state index >= 15 is 0 Å². The third-order valence-electron chi connectivity index (χ3n) is 6.80. The minimum atomic E-state index is -0.780. The van der Waals surface area contributed by atoms with E-state index in [2.05, 4.69) is 34.9 Å². The topological polar surface area (TPSA) is 105 Å². The molecule has 2 aliphatic carbocycles. The summed E-state index contributed by atoms with van der Waals surface area (Å²) < 4.78 is 5.53. The van der Waals surface area contributed by atoms with Crippen LogP contribution in [-0.4, -0.2) is 42.3 Å². The highest BCUT2D eigenvalue weighted by atomic mass is 16.5. The molecule has 7 heteroatoms. The van der Waals surface area contributed by atoms with Crippen LogP contribution in [0.1, 0.15) is 62.0 Å². The number of rotatable bonds is 11. The summed E-state index contributed by atoms with van der Waals surface area (Å²) in [5, 5.41) is 14.6. The molecule has 2 aromatic carbocycles. The number of carbonyl (C=O) groups is 3. The Morgan fingerprint density at radius 2 is 1.50 bits per heavy atom. The number of fused-ring (bicyclic) bond motifs is 3. The van der Waals surface area contributed by atoms with E-state index in [1.54, 1.807) is 0 Å². The zero-order valence-electron chi connectivity index (χ0n) is 19.3. The fraction of sp³-hybridized carbons (Fsp3) is 0.444. The number of carboxylic acid groups (broad SMARTS) is 1. The highest BCUT2D eigenvalue weighted by Crippen LogP contribution is 2.44. The molecule has 0 atom stereocenters. The summed E-state index contributed by atoms with van der Waals surface area (Å²) in [4.78, 5) is 34.9. The molecule has 7 nitrogen and oxygen atoms in total. The Labute approximate surface area is 199 Å². The SMILES string of the molecule is O=C(CCCCCCNC(=O)OCC1c2ccccc2-c2ccccc21)NC1CC(C(=O)O)C1. The van der Waals surface area contributed by atoms with Crippen molar-refractivity contribution >= 4 is 18.0 Å². The minimum absolute atomic E-state index is 0.00870. The van der Waals surface area contributed by atoms with Crippen molar-refractivity contribution in [3.63, 3.8) is 0 Å². The van der Waals surface area contributed by atoms with Gasteiger partial charge in [0.1, 0.15) is 6.61 Å². The van der Waals surface area contributed by atoms with E-state index in [1.165, 1.54) is 22.3 Å². The van der Waals surface area contributed by atoms with Crippen molar-refractivity contribution in [1.29, 1.82) is 0 Å². The smallest absolute Gasteiger partial charge is 0.407 e. The van der Waals surface area contributed by atoms with Gasteiger partial charge in [-0.15, -0.1) is 0 Å². The number of hydrogen-bond acceptors (Lipinski definition) is 4. The molecule has 2 aromatic rings. The van der Waals surface area contributed by atoms with Gasteiger partial charge in [0.05, 0.1) is 5.92 Å². The number of aliphatic carboxylic acids is 1. The van der Waals surface area contributed by atoms with Gasteiger partial charge in [-0.3, -0.25) is 9.59 Å². The number of carboxylic acids is 1. The van der Waals surface area contributed by atoms with E-state index in [9.17, 15) is 14.4 Å². The molecule has 180 valence electrons. The number of benzene rings is 2. The van der Waals surface area contributed by atoms with Gasteiger partial charge in [-0.25, -0.2) is 4.79 Å². The average Bonchev–Trinajstić information content (AvgIpc) is 3.12. The first-order valence-corrected chi connectivity index (χ1v) is 12.1. The van der Waals surface area contributed by atoms with Crippen LogP contribution in [0, 0.1) is 5.92 Å². The van der Waals surface area contributed by atoms with E-state index in [1.807, 2.05) is 24.3 Å². The van der Waals surface area contributed by atoms with Crippen LogP contribution in [0.15, 0.2) is 48.5 Å². The highest BCUT2D eigenvalue weighted by molar-refractivity contribution is 5.79. The van der Waals surface area contributed by atoms with Crippen LogP contribution in [0.3, 0.4) is 0 Å². The first-order chi connectivity index (χ1) is 16.5. The summed E-state index contributed by atoms with van der Waals surface area (Å²) >= 11 is 0. The van der Waals surface area contributed by atoms with Crippen LogP contribution in [0.2, 0.25) is 0 Å². The third-order valence-corrected chi connectivity index (χ3v) is 6.80. The minimum Gasteiger partial charge on any atom is -0.481 e. The van der Waals surface area contributed by atoms with Crippen molar-refractivity contribution in [3.8, 4) is 11.1 Å². The van der Waals surface area contributed by atoms with Gasteiger partial charge in [-0.1, -0.05) is 61.4 Å². The second-order valence-electron chi connectivity index (χ2n) is 9.19. The Morgan fingerprint density at radius 3 is 2.15 bits per heavy atom. The Bertz CT molecular complexity index is 986. The normalized spacial score (nSPS) is 18.4. The summed E-state index contributed by atoms with van der Waals surface area (Å²) in [5.41, 5.74) is 4.80. The van der Waals surface area contributed by atoms with Crippen molar-refractivity contribution in [1.82, 2.24) is 10.6 Å². The molecule has 2 aliphatic rings. The lowest BCUT2D eigenvalue weighted by Crippen LogP contribution is -2.46. The van der Waals surface area contributed by atoms with Crippen molar-refractivity contribution < 1.29 is 24.2 Å². The lowest BCUT2D eigenvalue weighted by molar-refractivity contribution is -0.146. The van der Waals surface area contributed by atoms with Crippen LogP contribution in [0.4, 0.5) is 4.79 Å². The zero-order valence-corrected chi connectivity index (χ0v) is 19.3. The standard InChI is InChI=1S/C27H32N2O5/c30-25(29-19-15-18(16-19)26(31)32)13-3-1-2-8-14-28-27(33)34-17-24-22-11-6-4-9-20(22)21-10-5-7-12-23(21)24/h4-7,9-12,18-19,24H,1-3,8,13-17H2,(H,28,33)(H,29,30)(H,31,32). The van der Waals surface area contributed by atoms with Gasteiger partial charge in [0.2, 0.25) is 5.91 Å². The number of nitrogens with one attached hydrogen (secondary N) is 2. The number of ether oxygens (including phenoxy) is 1. The lowest BCUT2D eigenvalue weighted by Gasteiger charge is -2.32. The molecule has 3 N–H and O–H groups in total. The molecule has 0 unspecified atom stereocenters. The summed E-state index contributed by atoms with van der Waals surface area (Å²) in [5.74, 6) is -1.05. The summed E-state index contributed by atoms with van der Waals surface area (Å²) in [6, 6.07) is 16.5. The van der Waals surface area contributed by atoms with Crippen LogP contribution < -0.4 is 10.6 Å². The molecular weight excluding hydrogens is 432 g/mol. The van der Waals surface area contributed by atoms with E-state index < -0.39 is 12.1 Å². The first-order valence-electron chi connectivity index (χ1n) is 12.1. The monoisotopic (exact) mass is 464 g/mol. The Balaban J connectivity index is 1.07. The van der Waals surface area contributed by atoms with E-state index in [4.69, 9.17) is 9.84 Å². The molecule has 4 rings (SSSR count). The van der Waals surface area contributed by atoms with Gasteiger partial charge in [0.15, 0.2) is 0 Å². The fourth-order valence-corrected chi connectivity index (χ4v) is 4.84. The number of carbonyl (C=O) groups excluding carboxylic acids is 2. The summed E-state index contributed by atoms with van der Waals surface area (Å²) in [6.45, 7) is 0.852. The van der Waals surface area contributed by atoms with E-state index in [0.717, 1.165) is 25.7 Å². The van der Waals surface area contributed by atoms with Crippen LogP contribution >= 0.6 is 0 Å². The fourth-order valence-electron chi connectivity index (χ4n) is 4.84. The number of alkyl carbamates (subject to hydrolysis) is 1. The number of amides is 2. The van der Waals surface area contributed by atoms with Gasteiger partial charge >= 0.3 is 12.1 Å². The van der Waals surface area contributed by atoms with Gasteiger partial charge < -0.3 is 20.5 Å².